The van der Waals surface area contributed by atoms with E-state index in [2.05, 4.69) is 15.6 Å². The molecule has 10 nitrogen and oxygen atoms in total. The Morgan fingerprint density at radius 1 is 1.18 bits per heavy atom. The van der Waals surface area contributed by atoms with Gasteiger partial charge in [-0.05, 0) is 25.2 Å². The summed E-state index contributed by atoms with van der Waals surface area (Å²) in [7, 11) is 3.10. The monoisotopic (exact) mass is 548 g/mol. The van der Waals surface area contributed by atoms with Crippen LogP contribution in [0, 0.1) is 5.92 Å². The minimum absolute atomic E-state index is 0.140. The molecule has 3 aliphatic rings. The molecule has 1 aliphatic carbocycles. The van der Waals surface area contributed by atoms with Crippen LogP contribution in [0.3, 0.4) is 0 Å². The molecule has 38 heavy (non-hydrogen) atoms. The van der Waals surface area contributed by atoms with E-state index >= 15 is 0 Å². The van der Waals surface area contributed by atoms with Crippen LogP contribution in [0.1, 0.15) is 69.3 Å². The van der Waals surface area contributed by atoms with Crippen LogP contribution in [-0.4, -0.2) is 92.1 Å². The Bertz CT molecular complexity index is 1020. The highest BCUT2D eigenvalue weighted by Gasteiger charge is 2.49. The summed E-state index contributed by atoms with van der Waals surface area (Å²) < 4.78 is 62.3. The summed E-state index contributed by atoms with van der Waals surface area (Å²) in [5.74, 6) is -7.39. The van der Waals surface area contributed by atoms with Crippen molar-refractivity contribution in [2.45, 2.75) is 94.5 Å². The molecule has 4 atom stereocenters. The van der Waals surface area contributed by atoms with Gasteiger partial charge in [0.05, 0.1) is 12.6 Å². The van der Waals surface area contributed by atoms with Gasteiger partial charge in [0.15, 0.2) is 0 Å². The first-order valence-electron chi connectivity index (χ1n) is 13.0. The Kier molecular flexibility index (Phi) is 8.22. The number of halogens is 4. The third kappa shape index (κ3) is 6.38. The molecule has 0 bridgehead atoms. The maximum atomic E-state index is 14.5. The van der Waals surface area contributed by atoms with Crippen molar-refractivity contribution in [3.05, 3.63) is 11.4 Å². The fraction of sp³-hybridized carbons (Fsp3) is 0.833. The molecule has 2 N–H and O–H groups in total. The van der Waals surface area contributed by atoms with Crippen LogP contribution in [0.4, 0.5) is 22.4 Å². The van der Waals surface area contributed by atoms with Gasteiger partial charge < -0.3 is 20.1 Å². The third-order valence-corrected chi connectivity index (χ3v) is 8.06. The number of hydrogen-bond acceptors (Lipinski definition) is 7. The highest BCUT2D eigenvalue weighted by Crippen LogP contribution is 2.40. The summed E-state index contributed by atoms with van der Waals surface area (Å²) in [4.78, 5) is 26.5. The van der Waals surface area contributed by atoms with Gasteiger partial charge in [-0.3, -0.25) is 9.69 Å². The molecule has 14 heteroatoms. The van der Waals surface area contributed by atoms with E-state index in [9.17, 15) is 27.2 Å². The highest BCUT2D eigenvalue weighted by atomic mass is 19.3. The molecule has 1 aromatic heterocycles. The topological polar surface area (TPSA) is 113 Å². The van der Waals surface area contributed by atoms with Crippen LogP contribution >= 0.6 is 0 Å². The number of likely N-dealkylation sites (tertiary alicyclic amines) is 1. The van der Waals surface area contributed by atoms with Crippen molar-refractivity contribution in [2.75, 3.05) is 20.1 Å². The van der Waals surface area contributed by atoms with Crippen molar-refractivity contribution in [1.82, 2.24) is 30.1 Å². The second kappa shape index (κ2) is 10.9. The van der Waals surface area contributed by atoms with Gasteiger partial charge in [-0.25, -0.2) is 27.0 Å². The number of nitrogens with one attached hydrogen (secondary N) is 1. The number of alkyl halides is 4. The average molecular weight is 549 g/mol. The van der Waals surface area contributed by atoms with E-state index in [0.717, 1.165) is 0 Å². The fourth-order valence-electron chi connectivity index (χ4n) is 6.03. The van der Waals surface area contributed by atoms with Crippen molar-refractivity contribution in [3.8, 4) is 0 Å². The number of aliphatic carboxylic acids is 1. The number of carboxylic acids is 1. The molecule has 0 radical (unpaired) electrons. The lowest BCUT2D eigenvalue weighted by molar-refractivity contribution is -0.142. The predicted octanol–water partition coefficient (Wildman–Crippen LogP) is 3.18. The summed E-state index contributed by atoms with van der Waals surface area (Å²) in [6, 6.07) is -1.15. The van der Waals surface area contributed by atoms with E-state index < -0.39 is 48.8 Å². The lowest BCUT2D eigenvalue weighted by atomic mass is 9.85. The zero-order chi connectivity index (χ0) is 27.8. The zero-order valence-electron chi connectivity index (χ0n) is 21.9. The molecule has 0 aromatic carbocycles. The predicted molar refractivity (Wildman–Crippen MR) is 127 cm³/mol. The first-order valence-corrected chi connectivity index (χ1v) is 13.0. The summed E-state index contributed by atoms with van der Waals surface area (Å²) in [6.07, 6.45) is -0.354. The molecule has 214 valence electrons. The van der Waals surface area contributed by atoms with Crippen molar-refractivity contribution in [2.24, 2.45) is 13.0 Å². The Balaban J connectivity index is 1.39. The number of carbonyl (C=O) groups excluding carboxylic acids is 1. The standard InChI is InChI=1S/C24H36F4N6O4/c1-4-16-18(34-11-14(7-20(35)36)8-24(27,28)13-34)6-5-17(29-16)21-19(33(3)31-30-21)12-38-22(37)32(2)15-9-23(25,26)10-15/h14-18,29H,4-13H2,1-3H3,(H,35,36). The number of ether oxygens (including phenoxy) is 1. The fourth-order valence-corrected chi connectivity index (χ4v) is 6.03. The number of rotatable bonds is 8. The van der Waals surface area contributed by atoms with Gasteiger partial charge in [-0.1, -0.05) is 12.1 Å². The largest absolute Gasteiger partial charge is 0.481 e. The minimum Gasteiger partial charge on any atom is -0.481 e. The molecule has 0 spiro atoms. The average Bonchev–Trinajstić information content (AvgIpc) is 3.18. The molecule has 4 rings (SSSR count). The number of piperidine rings is 2. The molecule has 4 unspecified atom stereocenters. The number of aryl methyl sites for hydroxylation is 1. The molecule has 3 fully saturated rings. The second-order valence-corrected chi connectivity index (χ2v) is 11.0. The summed E-state index contributed by atoms with van der Waals surface area (Å²) in [5.41, 5.74) is 1.14. The van der Waals surface area contributed by atoms with Crippen molar-refractivity contribution >= 4 is 12.1 Å². The minimum atomic E-state index is -2.95. The van der Waals surface area contributed by atoms with Crippen molar-refractivity contribution in [3.63, 3.8) is 0 Å². The lowest BCUT2D eigenvalue weighted by Crippen LogP contribution is -2.59. The molecule has 1 saturated carbocycles. The number of amides is 1. The Hall–Kier alpha value is -2.48. The summed E-state index contributed by atoms with van der Waals surface area (Å²) in [5, 5.41) is 21.0. The van der Waals surface area contributed by atoms with Crippen LogP contribution < -0.4 is 5.32 Å². The van der Waals surface area contributed by atoms with Gasteiger partial charge in [0.1, 0.15) is 18.0 Å². The number of nitrogens with zero attached hydrogens (tertiary/aromatic N) is 5. The lowest BCUT2D eigenvalue weighted by Gasteiger charge is -2.47. The molecule has 1 aromatic rings. The normalized spacial score (nSPS) is 29.4. The number of carboxylic acid groups (broad SMARTS) is 1. The van der Waals surface area contributed by atoms with Crippen molar-refractivity contribution in [1.29, 1.82) is 0 Å². The second-order valence-electron chi connectivity index (χ2n) is 11.0. The molecule has 1 amide bonds. The SMILES string of the molecule is CCC1NC(c2nnn(C)c2COC(=O)N(C)C2CC(F)(F)C2)CCC1N1CC(CC(=O)O)CC(F)(F)C1. The molecule has 3 heterocycles. The zero-order valence-corrected chi connectivity index (χ0v) is 21.9. The van der Waals surface area contributed by atoms with Crippen LogP contribution in [0.25, 0.3) is 0 Å². The molecule has 2 aliphatic heterocycles. The summed E-state index contributed by atoms with van der Waals surface area (Å²) >= 11 is 0. The number of hydrogen-bond donors (Lipinski definition) is 2. The van der Waals surface area contributed by atoms with E-state index in [0.29, 0.717) is 37.2 Å². The first-order chi connectivity index (χ1) is 17.8. The van der Waals surface area contributed by atoms with Crippen LogP contribution in [-0.2, 0) is 23.2 Å². The van der Waals surface area contributed by atoms with E-state index in [1.807, 2.05) is 6.92 Å². The summed E-state index contributed by atoms with van der Waals surface area (Å²) in [6.45, 7) is 1.73. The van der Waals surface area contributed by atoms with Gasteiger partial charge in [-0.2, -0.15) is 0 Å². The van der Waals surface area contributed by atoms with Crippen LogP contribution in [0.15, 0.2) is 0 Å². The number of carbonyl (C=O) groups is 2. The quantitative estimate of drug-likeness (QED) is 0.477. The van der Waals surface area contributed by atoms with E-state index in [1.54, 1.807) is 11.9 Å². The maximum absolute atomic E-state index is 14.5. The van der Waals surface area contributed by atoms with E-state index in [4.69, 9.17) is 9.84 Å². The van der Waals surface area contributed by atoms with Gasteiger partial charge in [-0.15, -0.1) is 5.10 Å². The van der Waals surface area contributed by atoms with Gasteiger partial charge in [0, 0.05) is 64.4 Å². The van der Waals surface area contributed by atoms with Crippen molar-refractivity contribution < 1.29 is 37.0 Å². The Morgan fingerprint density at radius 2 is 1.89 bits per heavy atom. The van der Waals surface area contributed by atoms with Crippen LogP contribution in [0.5, 0.6) is 0 Å². The van der Waals surface area contributed by atoms with E-state index in [-0.39, 0.29) is 44.0 Å². The third-order valence-electron chi connectivity index (χ3n) is 8.06. The first kappa shape index (κ1) is 28.5. The molecule has 2 saturated heterocycles. The highest BCUT2D eigenvalue weighted by molar-refractivity contribution is 5.68. The Morgan fingerprint density at radius 3 is 2.53 bits per heavy atom. The van der Waals surface area contributed by atoms with Gasteiger partial charge in [0.25, 0.3) is 11.8 Å². The molecular formula is C24H36F4N6O4. The molecular weight excluding hydrogens is 512 g/mol. The van der Waals surface area contributed by atoms with E-state index in [1.165, 1.54) is 16.6 Å². The maximum Gasteiger partial charge on any atom is 0.410 e. The number of aromatic nitrogens is 3. The van der Waals surface area contributed by atoms with Gasteiger partial charge in [0.2, 0.25) is 0 Å². The smallest absolute Gasteiger partial charge is 0.410 e. The Labute approximate surface area is 218 Å². The van der Waals surface area contributed by atoms with Gasteiger partial charge >= 0.3 is 12.1 Å². The van der Waals surface area contributed by atoms with Crippen LogP contribution in [0.2, 0.25) is 0 Å².